The van der Waals surface area contributed by atoms with Crippen molar-refractivity contribution in [2.75, 3.05) is 19.0 Å². The number of ether oxygens (including phenoxy) is 2. The molecule has 0 aliphatic heterocycles. The van der Waals surface area contributed by atoms with Gasteiger partial charge in [0, 0.05) is 11.8 Å². The zero-order chi connectivity index (χ0) is 17.8. The quantitative estimate of drug-likeness (QED) is 0.717. The van der Waals surface area contributed by atoms with Crippen molar-refractivity contribution in [1.82, 2.24) is 4.98 Å². The minimum absolute atomic E-state index is 0.0909. The summed E-state index contributed by atoms with van der Waals surface area (Å²) in [5.74, 6) is -0.610. The number of carbonyl (C=O) groups excluding carboxylic acids is 2. The number of hydrogen-bond acceptors (Lipinski definition) is 6. The van der Waals surface area contributed by atoms with Crippen molar-refractivity contribution >= 4 is 28.7 Å². The highest BCUT2D eigenvalue weighted by molar-refractivity contribution is 6.13. The molecule has 7 heteroatoms. The Bertz CT molecular complexity index is 932. The van der Waals surface area contributed by atoms with Crippen molar-refractivity contribution in [3.05, 3.63) is 53.9 Å². The van der Waals surface area contributed by atoms with Gasteiger partial charge >= 0.3 is 5.97 Å². The summed E-state index contributed by atoms with van der Waals surface area (Å²) in [6.07, 6.45) is 1.54. The van der Waals surface area contributed by atoms with Gasteiger partial charge in [-0.05, 0) is 37.3 Å². The van der Waals surface area contributed by atoms with Crippen LogP contribution in [0.4, 0.5) is 5.69 Å². The molecular weight excluding hydrogens is 324 g/mol. The predicted molar refractivity (Wildman–Crippen MR) is 90.9 cm³/mol. The van der Waals surface area contributed by atoms with E-state index < -0.39 is 11.9 Å². The number of pyridine rings is 1. The van der Waals surface area contributed by atoms with E-state index in [0.717, 1.165) is 0 Å². The summed E-state index contributed by atoms with van der Waals surface area (Å²) in [7, 11) is 1.52. The van der Waals surface area contributed by atoms with Crippen molar-refractivity contribution in [1.29, 1.82) is 0 Å². The topological polar surface area (TPSA) is 90.7 Å². The SMILES string of the molecule is CCOC(=O)c1oc2ncccc2c1NC(=O)c1cccc(OC)c1. The van der Waals surface area contributed by atoms with Crippen LogP contribution in [-0.4, -0.2) is 30.6 Å². The number of anilines is 1. The van der Waals surface area contributed by atoms with Crippen LogP contribution >= 0.6 is 0 Å². The lowest BCUT2D eigenvalue weighted by Gasteiger charge is -2.07. The van der Waals surface area contributed by atoms with E-state index in [1.165, 1.54) is 13.3 Å². The molecule has 1 aromatic carbocycles. The minimum atomic E-state index is -0.665. The number of carbonyl (C=O) groups is 2. The highest BCUT2D eigenvalue weighted by Crippen LogP contribution is 2.30. The number of furan rings is 1. The van der Waals surface area contributed by atoms with Gasteiger partial charge in [-0.25, -0.2) is 9.78 Å². The lowest BCUT2D eigenvalue weighted by Crippen LogP contribution is -2.15. The lowest BCUT2D eigenvalue weighted by molar-refractivity contribution is 0.0494. The normalized spacial score (nSPS) is 10.5. The molecule has 0 unspecified atom stereocenters. The van der Waals surface area contributed by atoms with Gasteiger partial charge in [0.2, 0.25) is 11.5 Å². The monoisotopic (exact) mass is 340 g/mol. The molecule has 2 heterocycles. The number of benzene rings is 1. The van der Waals surface area contributed by atoms with Crippen LogP contribution in [-0.2, 0) is 4.74 Å². The molecule has 0 aliphatic carbocycles. The molecule has 0 saturated heterocycles. The molecule has 0 fully saturated rings. The number of nitrogens with one attached hydrogen (secondary N) is 1. The van der Waals surface area contributed by atoms with E-state index in [4.69, 9.17) is 13.9 Å². The second-order valence-electron chi connectivity index (χ2n) is 5.07. The Morgan fingerprint density at radius 3 is 2.84 bits per heavy atom. The molecule has 1 N–H and O–H groups in total. The Hall–Kier alpha value is -3.35. The van der Waals surface area contributed by atoms with Crippen LogP contribution in [0.15, 0.2) is 47.0 Å². The van der Waals surface area contributed by atoms with Gasteiger partial charge in [-0.3, -0.25) is 4.79 Å². The molecule has 3 rings (SSSR count). The van der Waals surface area contributed by atoms with E-state index in [0.29, 0.717) is 16.7 Å². The average molecular weight is 340 g/mol. The van der Waals surface area contributed by atoms with Gasteiger partial charge in [-0.1, -0.05) is 6.07 Å². The second-order valence-corrected chi connectivity index (χ2v) is 5.07. The summed E-state index contributed by atoms with van der Waals surface area (Å²) in [5.41, 5.74) is 0.855. The molecule has 2 aromatic heterocycles. The number of fused-ring (bicyclic) bond motifs is 1. The van der Waals surface area contributed by atoms with Gasteiger partial charge in [0.05, 0.1) is 19.1 Å². The van der Waals surface area contributed by atoms with Crippen LogP contribution < -0.4 is 10.1 Å². The maximum Gasteiger partial charge on any atom is 0.376 e. The fraction of sp³-hybridized carbons (Fsp3) is 0.167. The van der Waals surface area contributed by atoms with E-state index in [2.05, 4.69) is 10.3 Å². The van der Waals surface area contributed by atoms with Crippen molar-refractivity contribution in [3.8, 4) is 5.75 Å². The Balaban J connectivity index is 2.00. The highest BCUT2D eigenvalue weighted by Gasteiger charge is 2.24. The zero-order valence-electron chi connectivity index (χ0n) is 13.7. The Morgan fingerprint density at radius 2 is 2.08 bits per heavy atom. The van der Waals surface area contributed by atoms with Gasteiger partial charge in [0.1, 0.15) is 11.4 Å². The van der Waals surface area contributed by atoms with Crippen molar-refractivity contribution in [2.24, 2.45) is 0 Å². The first kappa shape index (κ1) is 16.5. The first-order chi connectivity index (χ1) is 12.1. The molecule has 0 spiro atoms. The van der Waals surface area contributed by atoms with Crippen LogP contribution in [0.5, 0.6) is 5.75 Å². The minimum Gasteiger partial charge on any atom is -0.497 e. The molecule has 0 saturated carbocycles. The third-order valence-electron chi connectivity index (χ3n) is 3.50. The Labute approximate surface area is 143 Å². The summed E-state index contributed by atoms with van der Waals surface area (Å²) in [5, 5.41) is 3.23. The Morgan fingerprint density at radius 1 is 1.24 bits per heavy atom. The summed E-state index contributed by atoms with van der Waals surface area (Å²) in [6, 6.07) is 10.1. The van der Waals surface area contributed by atoms with Crippen LogP contribution in [0.2, 0.25) is 0 Å². The van der Waals surface area contributed by atoms with E-state index in [9.17, 15) is 9.59 Å². The third-order valence-corrected chi connectivity index (χ3v) is 3.50. The molecule has 3 aromatic rings. The fourth-order valence-electron chi connectivity index (χ4n) is 2.35. The van der Waals surface area contributed by atoms with Crippen LogP contribution in [0, 0.1) is 0 Å². The molecular formula is C18H16N2O5. The summed E-state index contributed by atoms with van der Waals surface area (Å²) < 4.78 is 15.6. The van der Waals surface area contributed by atoms with E-state index in [-0.39, 0.29) is 23.8 Å². The van der Waals surface area contributed by atoms with Crippen molar-refractivity contribution in [2.45, 2.75) is 6.92 Å². The van der Waals surface area contributed by atoms with Crippen molar-refractivity contribution in [3.63, 3.8) is 0 Å². The number of esters is 1. The largest absolute Gasteiger partial charge is 0.497 e. The van der Waals surface area contributed by atoms with Gasteiger partial charge < -0.3 is 19.2 Å². The number of aromatic nitrogens is 1. The van der Waals surface area contributed by atoms with Gasteiger partial charge in [0.25, 0.3) is 5.91 Å². The zero-order valence-corrected chi connectivity index (χ0v) is 13.7. The molecule has 0 bridgehead atoms. The van der Waals surface area contributed by atoms with Crippen LogP contribution in [0.3, 0.4) is 0 Å². The Kier molecular flexibility index (Phi) is 4.65. The van der Waals surface area contributed by atoms with Crippen LogP contribution in [0.25, 0.3) is 11.1 Å². The van der Waals surface area contributed by atoms with Crippen LogP contribution in [0.1, 0.15) is 27.8 Å². The summed E-state index contributed by atoms with van der Waals surface area (Å²) >= 11 is 0. The van der Waals surface area contributed by atoms with E-state index in [1.54, 1.807) is 43.3 Å². The van der Waals surface area contributed by atoms with Gasteiger partial charge in [-0.15, -0.1) is 0 Å². The number of methoxy groups -OCH3 is 1. The number of amides is 1. The summed E-state index contributed by atoms with van der Waals surface area (Å²) in [6.45, 7) is 1.87. The molecule has 0 aliphatic rings. The molecule has 0 radical (unpaired) electrons. The smallest absolute Gasteiger partial charge is 0.376 e. The number of hydrogen-bond donors (Lipinski definition) is 1. The predicted octanol–water partition coefficient (Wildman–Crippen LogP) is 3.27. The first-order valence-electron chi connectivity index (χ1n) is 7.64. The molecule has 25 heavy (non-hydrogen) atoms. The fourth-order valence-corrected chi connectivity index (χ4v) is 2.35. The maximum absolute atomic E-state index is 12.6. The molecule has 1 amide bonds. The first-order valence-corrected chi connectivity index (χ1v) is 7.64. The van der Waals surface area contributed by atoms with E-state index >= 15 is 0 Å². The van der Waals surface area contributed by atoms with E-state index in [1.807, 2.05) is 0 Å². The number of nitrogens with zero attached hydrogens (tertiary/aromatic N) is 1. The maximum atomic E-state index is 12.6. The lowest BCUT2D eigenvalue weighted by atomic mass is 10.2. The van der Waals surface area contributed by atoms with Gasteiger partial charge in [0.15, 0.2) is 0 Å². The van der Waals surface area contributed by atoms with Crippen molar-refractivity contribution < 1.29 is 23.5 Å². The standard InChI is InChI=1S/C18H16N2O5/c1-3-24-18(22)15-14(13-8-5-9-19-17(13)25-15)20-16(21)11-6-4-7-12(10-11)23-2/h4-10H,3H2,1-2H3,(H,20,21). The average Bonchev–Trinajstić information content (AvgIpc) is 3.00. The number of rotatable bonds is 5. The molecule has 128 valence electrons. The molecule has 0 atom stereocenters. The van der Waals surface area contributed by atoms with Gasteiger partial charge in [-0.2, -0.15) is 0 Å². The third kappa shape index (κ3) is 3.30. The molecule has 7 nitrogen and oxygen atoms in total. The second kappa shape index (κ2) is 7.04. The summed E-state index contributed by atoms with van der Waals surface area (Å²) in [4.78, 5) is 28.8. The highest BCUT2D eigenvalue weighted by atomic mass is 16.5.